The summed E-state index contributed by atoms with van der Waals surface area (Å²) in [4.78, 5) is 17.6. The molecule has 1 amide bonds. The Morgan fingerprint density at radius 2 is 1.58 bits per heavy atom. The van der Waals surface area contributed by atoms with E-state index in [4.69, 9.17) is 4.98 Å². The van der Waals surface area contributed by atoms with Gasteiger partial charge in [0.1, 0.15) is 11.1 Å². The standard InChI is InChI=1S/C28H23N3OS/c1-19-13-15-22(16-14-19)26-17-24(21-9-5-3-6-10-21)25(18-29)28(31-26)33-20(2)27(32)30-23-11-7-4-8-12-23/h3-17,20H,1-2H3,(H,30,32)/t20-/m0/s1. The van der Waals surface area contributed by atoms with Crippen LogP contribution in [0.4, 0.5) is 5.69 Å². The molecule has 0 fully saturated rings. The number of hydrogen-bond acceptors (Lipinski definition) is 4. The minimum atomic E-state index is -0.443. The summed E-state index contributed by atoms with van der Waals surface area (Å²) >= 11 is 1.30. The fraction of sp³-hybridized carbons (Fsp3) is 0.107. The zero-order valence-electron chi connectivity index (χ0n) is 18.4. The van der Waals surface area contributed by atoms with Crippen molar-refractivity contribution in [3.05, 3.63) is 102 Å². The number of nitrogens with one attached hydrogen (secondary N) is 1. The maximum absolute atomic E-state index is 12.8. The molecule has 1 atom stereocenters. The lowest BCUT2D eigenvalue weighted by Crippen LogP contribution is -2.22. The Balaban J connectivity index is 1.74. The Morgan fingerprint density at radius 1 is 0.939 bits per heavy atom. The number of rotatable bonds is 6. The second-order valence-electron chi connectivity index (χ2n) is 7.69. The Kier molecular flexibility index (Phi) is 6.87. The van der Waals surface area contributed by atoms with Crippen molar-refractivity contribution < 1.29 is 4.79 Å². The van der Waals surface area contributed by atoms with Crippen LogP contribution in [-0.2, 0) is 4.79 Å². The van der Waals surface area contributed by atoms with E-state index in [2.05, 4.69) is 11.4 Å². The van der Waals surface area contributed by atoms with Gasteiger partial charge in [0.15, 0.2) is 0 Å². The minimum absolute atomic E-state index is 0.140. The number of anilines is 1. The SMILES string of the molecule is Cc1ccc(-c2cc(-c3ccccc3)c(C#N)c(S[C@@H](C)C(=O)Nc3ccccc3)n2)cc1. The smallest absolute Gasteiger partial charge is 0.237 e. The highest BCUT2D eigenvalue weighted by atomic mass is 32.2. The topological polar surface area (TPSA) is 65.8 Å². The van der Waals surface area contributed by atoms with Gasteiger partial charge in [-0.15, -0.1) is 0 Å². The molecule has 4 aromatic rings. The predicted octanol–water partition coefficient (Wildman–Crippen LogP) is 6.72. The number of hydrogen-bond donors (Lipinski definition) is 1. The van der Waals surface area contributed by atoms with E-state index < -0.39 is 5.25 Å². The van der Waals surface area contributed by atoms with Gasteiger partial charge < -0.3 is 5.32 Å². The average molecular weight is 450 g/mol. The zero-order chi connectivity index (χ0) is 23.2. The molecule has 0 saturated carbocycles. The van der Waals surface area contributed by atoms with E-state index in [1.165, 1.54) is 11.8 Å². The lowest BCUT2D eigenvalue weighted by Gasteiger charge is -2.16. The Morgan fingerprint density at radius 3 is 2.21 bits per heavy atom. The van der Waals surface area contributed by atoms with Crippen molar-refractivity contribution in [2.24, 2.45) is 0 Å². The number of benzene rings is 3. The van der Waals surface area contributed by atoms with Crippen molar-refractivity contribution in [3.8, 4) is 28.5 Å². The summed E-state index contributed by atoms with van der Waals surface area (Å²) in [5.41, 5.74) is 5.85. The molecule has 1 heterocycles. The van der Waals surface area contributed by atoms with Gasteiger partial charge in [-0.25, -0.2) is 4.98 Å². The number of para-hydroxylation sites is 1. The van der Waals surface area contributed by atoms with Crippen LogP contribution >= 0.6 is 11.8 Å². The first-order valence-corrected chi connectivity index (χ1v) is 11.5. The molecule has 0 aliphatic rings. The molecule has 0 radical (unpaired) electrons. The lowest BCUT2D eigenvalue weighted by molar-refractivity contribution is -0.115. The third-order valence-corrected chi connectivity index (χ3v) is 6.32. The van der Waals surface area contributed by atoms with E-state index in [1.54, 1.807) is 0 Å². The summed E-state index contributed by atoms with van der Waals surface area (Å²) < 4.78 is 0. The largest absolute Gasteiger partial charge is 0.325 e. The maximum Gasteiger partial charge on any atom is 0.237 e. The number of nitrogens with zero attached hydrogens (tertiary/aromatic N) is 2. The highest BCUT2D eigenvalue weighted by Gasteiger charge is 2.21. The van der Waals surface area contributed by atoms with Crippen LogP contribution in [0.15, 0.2) is 96.0 Å². The van der Waals surface area contributed by atoms with E-state index in [-0.39, 0.29) is 5.91 Å². The number of pyridine rings is 1. The van der Waals surface area contributed by atoms with Gasteiger partial charge >= 0.3 is 0 Å². The van der Waals surface area contributed by atoms with Crippen molar-refractivity contribution in [1.29, 1.82) is 5.26 Å². The van der Waals surface area contributed by atoms with Gasteiger partial charge in [0.25, 0.3) is 0 Å². The third-order valence-electron chi connectivity index (χ3n) is 5.23. The van der Waals surface area contributed by atoms with Gasteiger partial charge in [0.2, 0.25) is 5.91 Å². The number of thioether (sulfide) groups is 1. The van der Waals surface area contributed by atoms with Gasteiger partial charge in [-0.1, -0.05) is 90.1 Å². The molecule has 162 valence electrons. The number of carbonyl (C=O) groups is 1. The molecular formula is C28H23N3OS. The molecule has 0 aliphatic carbocycles. The first-order chi connectivity index (χ1) is 16.0. The molecule has 0 bridgehead atoms. The van der Waals surface area contributed by atoms with Crippen LogP contribution in [0.5, 0.6) is 0 Å². The summed E-state index contributed by atoms with van der Waals surface area (Å²) in [5.74, 6) is -0.140. The van der Waals surface area contributed by atoms with E-state index in [1.807, 2.05) is 105 Å². The van der Waals surface area contributed by atoms with Crippen LogP contribution < -0.4 is 5.32 Å². The fourth-order valence-electron chi connectivity index (χ4n) is 3.42. The highest BCUT2D eigenvalue weighted by molar-refractivity contribution is 8.00. The maximum atomic E-state index is 12.8. The average Bonchev–Trinajstić information content (AvgIpc) is 2.85. The van der Waals surface area contributed by atoms with Crippen LogP contribution in [0, 0.1) is 18.3 Å². The molecule has 3 aromatic carbocycles. The number of amides is 1. The van der Waals surface area contributed by atoms with Crippen molar-refractivity contribution >= 4 is 23.4 Å². The first kappa shape index (κ1) is 22.3. The van der Waals surface area contributed by atoms with Gasteiger partial charge in [-0.2, -0.15) is 5.26 Å². The summed E-state index contributed by atoms with van der Waals surface area (Å²) in [5, 5.41) is 13.1. The number of nitriles is 1. The Bertz CT molecular complexity index is 1300. The summed E-state index contributed by atoms with van der Waals surface area (Å²) in [6, 6.07) is 31.6. The van der Waals surface area contributed by atoms with Gasteiger partial charge in [0.05, 0.1) is 16.5 Å². The lowest BCUT2D eigenvalue weighted by atomic mass is 9.99. The fourth-order valence-corrected chi connectivity index (χ4v) is 4.34. The normalized spacial score (nSPS) is 11.4. The third kappa shape index (κ3) is 5.31. The molecule has 0 aliphatic heterocycles. The van der Waals surface area contributed by atoms with Crippen molar-refractivity contribution in [2.45, 2.75) is 24.1 Å². The minimum Gasteiger partial charge on any atom is -0.325 e. The number of aryl methyl sites for hydroxylation is 1. The van der Waals surface area contributed by atoms with Gasteiger partial charge in [0, 0.05) is 16.8 Å². The van der Waals surface area contributed by atoms with Crippen LogP contribution in [0.2, 0.25) is 0 Å². The molecule has 5 heteroatoms. The molecule has 0 unspecified atom stereocenters. The predicted molar refractivity (Wildman–Crippen MR) is 135 cm³/mol. The van der Waals surface area contributed by atoms with E-state index in [0.29, 0.717) is 10.6 Å². The van der Waals surface area contributed by atoms with E-state index in [0.717, 1.165) is 33.6 Å². The molecule has 4 rings (SSSR count). The summed E-state index contributed by atoms with van der Waals surface area (Å²) in [7, 11) is 0. The van der Waals surface area contributed by atoms with Crippen LogP contribution in [-0.4, -0.2) is 16.1 Å². The molecule has 4 nitrogen and oxygen atoms in total. The molecular weight excluding hydrogens is 426 g/mol. The molecule has 0 saturated heterocycles. The van der Waals surface area contributed by atoms with E-state index >= 15 is 0 Å². The second kappa shape index (κ2) is 10.2. The van der Waals surface area contributed by atoms with Crippen molar-refractivity contribution in [2.75, 3.05) is 5.32 Å². The van der Waals surface area contributed by atoms with Crippen molar-refractivity contribution in [3.63, 3.8) is 0 Å². The number of aromatic nitrogens is 1. The highest BCUT2D eigenvalue weighted by Crippen LogP contribution is 2.36. The summed E-state index contributed by atoms with van der Waals surface area (Å²) in [6.07, 6.45) is 0. The monoisotopic (exact) mass is 449 g/mol. The van der Waals surface area contributed by atoms with Crippen LogP contribution in [0.25, 0.3) is 22.4 Å². The molecule has 33 heavy (non-hydrogen) atoms. The Hall–Kier alpha value is -3.88. The van der Waals surface area contributed by atoms with Gasteiger partial charge in [-0.3, -0.25) is 4.79 Å². The zero-order valence-corrected chi connectivity index (χ0v) is 19.3. The molecule has 1 N–H and O–H groups in total. The summed E-state index contributed by atoms with van der Waals surface area (Å²) in [6.45, 7) is 3.87. The first-order valence-electron chi connectivity index (χ1n) is 10.7. The van der Waals surface area contributed by atoms with Gasteiger partial charge in [-0.05, 0) is 37.6 Å². The Labute approximate surface area is 198 Å². The second-order valence-corrected chi connectivity index (χ2v) is 9.02. The van der Waals surface area contributed by atoms with Crippen molar-refractivity contribution in [1.82, 2.24) is 4.98 Å². The molecule has 1 aromatic heterocycles. The quantitative estimate of drug-likeness (QED) is 0.332. The van der Waals surface area contributed by atoms with E-state index in [9.17, 15) is 10.1 Å². The molecule has 0 spiro atoms. The van der Waals surface area contributed by atoms with Crippen LogP contribution in [0.1, 0.15) is 18.1 Å². The van der Waals surface area contributed by atoms with Crippen LogP contribution in [0.3, 0.4) is 0 Å². The number of carbonyl (C=O) groups excluding carboxylic acids is 1.